The fourth-order valence-electron chi connectivity index (χ4n) is 1.59. The third-order valence-electron chi connectivity index (χ3n) is 2.81. The summed E-state index contributed by atoms with van der Waals surface area (Å²) in [6.07, 6.45) is 2.05. The molecule has 0 aromatic heterocycles. The molecule has 2 atom stereocenters. The maximum Gasteiger partial charge on any atom is 0.326 e. The molecule has 1 fully saturated rings. The van der Waals surface area contributed by atoms with Gasteiger partial charge in [-0.05, 0) is 24.2 Å². The Bertz CT molecular complexity index is 225. The minimum absolute atomic E-state index is 0.262. The van der Waals surface area contributed by atoms with E-state index in [1.54, 1.807) is 0 Å². The van der Waals surface area contributed by atoms with E-state index in [0.717, 1.165) is 6.42 Å². The quantitative estimate of drug-likeness (QED) is 0.617. The van der Waals surface area contributed by atoms with Gasteiger partial charge in [-0.3, -0.25) is 4.79 Å². The van der Waals surface area contributed by atoms with E-state index >= 15 is 0 Å². The van der Waals surface area contributed by atoms with Gasteiger partial charge in [-0.1, -0.05) is 13.8 Å². The van der Waals surface area contributed by atoms with Crippen LogP contribution in [0.1, 0.15) is 26.7 Å². The zero-order chi connectivity index (χ0) is 10.1. The van der Waals surface area contributed by atoms with Crippen LogP contribution in [0, 0.1) is 11.3 Å². The lowest BCUT2D eigenvalue weighted by Gasteiger charge is -2.11. The number of amides is 1. The lowest BCUT2D eigenvalue weighted by atomic mass is 10.0. The van der Waals surface area contributed by atoms with Crippen molar-refractivity contribution in [1.29, 1.82) is 0 Å². The zero-order valence-electron chi connectivity index (χ0n) is 7.91. The van der Waals surface area contributed by atoms with Crippen molar-refractivity contribution in [1.82, 2.24) is 5.32 Å². The molecule has 1 rings (SSSR count). The molecule has 1 aliphatic carbocycles. The van der Waals surface area contributed by atoms with Crippen LogP contribution in [0.2, 0.25) is 0 Å². The second kappa shape index (κ2) is 3.36. The summed E-state index contributed by atoms with van der Waals surface area (Å²) in [6, 6.07) is -0.718. The summed E-state index contributed by atoms with van der Waals surface area (Å²) < 4.78 is 0. The summed E-state index contributed by atoms with van der Waals surface area (Å²) in [7, 11) is 0. The highest BCUT2D eigenvalue weighted by Crippen LogP contribution is 2.53. The highest BCUT2D eigenvalue weighted by molar-refractivity contribution is 5.76. The fourth-order valence-corrected chi connectivity index (χ4v) is 1.59. The molecule has 4 heteroatoms. The van der Waals surface area contributed by atoms with Crippen LogP contribution in [-0.4, -0.2) is 23.5 Å². The van der Waals surface area contributed by atoms with Gasteiger partial charge in [0.15, 0.2) is 0 Å². The molecule has 0 heterocycles. The van der Waals surface area contributed by atoms with E-state index in [2.05, 4.69) is 19.2 Å². The maximum absolute atomic E-state index is 10.6. The minimum atomic E-state index is -0.949. The molecule has 1 saturated carbocycles. The van der Waals surface area contributed by atoms with E-state index in [9.17, 15) is 9.59 Å². The lowest BCUT2D eigenvalue weighted by Crippen LogP contribution is -2.36. The van der Waals surface area contributed by atoms with Crippen LogP contribution in [0.3, 0.4) is 0 Å². The van der Waals surface area contributed by atoms with Gasteiger partial charge in [0, 0.05) is 0 Å². The van der Waals surface area contributed by atoms with Crippen molar-refractivity contribution in [2.75, 3.05) is 0 Å². The van der Waals surface area contributed by atoms with Crippen molar-refractivity contribution in [3.8, 4) is 0 Å². The van der Waals surface area contributed by atoms with Gasteiger partial charge in [-0.15, -0.1) is 0 Å². The zero-order valence-corrected chi connectivity index (χ0v) is 7.91. The van der Waals surface area contributed by atoms with Crippen molar-refractivity contribution >= 4 is 12.4 Å². The Kier molecular flexibility index (Phi) is 2.59. The number of carbonyl (C=O) groups excluding carboxylic acids is 1. The van der Waals surface area contributed by atoms with Crippen LogP contribution in [0.15, 0.2) is 0 Å². The van der Waals surface area contributed by atoms with Gasteiger partial charge < -0.3 is 10.4 Å². The molecule has 0 aliphatic heterocycles. The number of carboxylic acid groups (broad SMARTS) is 1. The molecule has 2 N–H and O–H groups in total. The van der Waals surface area contributed by atoms with Crippen molar-refractivity contribution in [3.63, 3.8) is 0 Å². The van der Waals surface area contributed by atoms with Crippen LogP contribution in [0.25, 0.3) is 0 Å². The van der Waals surface area contributed by atoms with Gasteiger partial charge in [0.2, 0.25) is 6.41 Å². The number of aliphatic carboxylic acids is 1. The van der Waals surface area contributed by atoms with Gasteiger partial charge >= 0.3 is 5.97 Å². The molecule has 0 aromatic carbocycles. The van der Waals surface area contributed by atoms with Crippen molar-refractivity contribution in [2.24, 2.45) is 11.3 Å². The molecule has 0 bridgehead atoms. The summed E-state index contributed by atoms with van der Waals surface area (Å²) in [5.41, 5.74) is 0.262. The Balaban J connectivity index is 2.40. The van der Waals surface area contributed by atoms with E-state index in [-0.39, 0.29) is 5.41 Å². The Hall–Kier alpha value is -1.06. The summed E-state index contributed by atoms with van der Waals surface area (Å²) in [5.74, 6) is -0.518. The predicted octanol–water partition coefficient (Wildman–Crippen LogP) is 0.622. The minimum Gasteiger partial charge on any atom is -0.480 e. The second-order valence-electron chi connectivity index (χ2n) is 4.30. The summed E-state index contributed by atoms with van der Waals surface area (Å²) in [4.78, 5) is 20.8. The first-order valence-electron chi connectivity index (χ1n) is 4.40. The van der Waals surface area contributed by atoms with Gasteiger partial charge in [-0.25, -0.2) is 4.79 Å². The van der Waals surface area contributed by atoms with Crippen LogP contribution in [-0.2, 0) is 9.59 Å². The molecule has 1 aliphatic rings. The van der Waals surface area contributed by atoms with Gasteiger partial charge in [0.05, 0.1) is 0 Å². The largest absolute Gasteiger partial charge is 0.480 e. The molecule has 0 saturated heterocycles. The summed E-state index contributed by atoms with van der Waals surface area (Å²) >= 11 is 0. The Labute approximate surface area is 77.3 Å². The van der Waals surface area contributed by atoms with Crippen molar-refractivity contribution in [3.05, 3.63) is 0 Å². The number of rotatable bonds is 5. The van der Waals surface area contributed by atoms with E-state index in [4.69, 9.17) is 5.11 Å². The first-order chi connectivity index (χ1) is 5.97. The first-order valence-corrected chi connectivity index (χ1v) is 4.40. The number of hydrogen-bond acceptors (Lipinski definition) is 2. The molecule has 0 spiro atoms. The molecule has 2 unspecified atom stereocenters. The molecule has 13 heavy (non-hydrogen) atoms. The van der Waals surface area contributed by atoms with Gasteiger partial charge in [0.25, 0.3) is 0 Å². The highest BCUT2D eigenvalue weighted by Gasteiger charge is 2.47. The Morgan fingerprint density at radius 3 is 2.62 bits per heavy atom. The Morgan fingerprint density at radius 2 is 2.31 bits per heavy atom. The summed E-state index contributed by atoms with van der Waals surface area (Å²) in [6.45, 7) is 4.22. The predicted molar refractivity (Wildman–Crippen MR) is 47.1 cm³/mol. The first kappa shape index (κ1) is 10.0. The standard InChI is InChI=1S/C9H15NO3/c1-9(2)4-6(9)3-7(8(12)13)10-5-11/h5-7H,3-4H2,1-2H3,(H,10,11)(H,12,13). The van der Waals surface area contributed by atoms with Gasteiger partial charge in [-0.2, -0.15) is 0 Å². The van der Waals surface area contributed by atoms with Crippen LogP contribution >= 0.6 is 0 Å². The Morgan fingerprint density at radius 1 is 1.77 bits per heavy atom. The molecular weight excluding hydrogens is 170 g/mol. The van der Waals surface area contributed by atoms with Crippen LogP contribution < -0.4 is 5.32 Å². The summed E-state index contributed by atoms with van der Waals surface area (Å²) in [5, 5.41) is 11.0. The SMILES string of the molecule is CC1(C)CC1CC(NC=O)C(=O)O. The maximum atomic E-state index is 10.6. The van der Waals surface area contributed by atoms with E-state index < -0.39 is 12.0 Å². The molecule has 1 amide bonds. The van der Waals surface area contributed by atoms with Crippen LogP contribution in [0.4, 0.5) is 0 Å². The number of nitrogens with one attached hydrogen (secondary N) is 1. The third-order valence-corrected chi connectivity index (χ3v) is 2.81. The molecule has 4 nitrogen and oxygen atoms in total. The average molecular weight is 185 g/mol. The van der Waals surface area contributed by atoms with E-state index in [0.29, 0.717) is 18.7 Å². The second-order valence-corrected chi connectivity index (χ2v) is 4.30. The lowest BCUT2D eigenvalue weighted by molar-refractivity contribution is -0.140. The topological polar surface area (TPSA) is 66.4 Å². The van der Waals surface area contributed by atoms with Crippen LogP contribution in [0.5, 0.6) is 0 Å². The van der Waals surface area contributed by atoms with Crippen molar-refractivity contribution < 1.29 is 14.7 Å². The normalized spacial score (nSPS) is 26.2. The number of carboxylic acids is 1. The van der Waals surface area contributed by atoms with E-state index in [1.165, 1.54) is 0 Å². The number of carbonyl (C=O) groups is 2. The molecular formula is C9H15NO3. The van der Waals surface area contributed by atoms with E-state index in [1.807, 2.05) is 0 Å². The molecule has 74 valence electrons. The molecule has 0 aromatic rings. The smallest absolute Gasteiger partial charge is 0.326 e. The fraction of sp³-hybridized carbons (Fsp3) is 0.778. The third kappa shape index (κ3) is 2.44. The number of hydrogen-bond donors (Lipinski definition) is 2. The van der Waals surface area contributed by atoms with Crippen molar-refractivity contribution in [2.45, 2.75) is 32.7 Å². The average Bonchev–Trinajstić information content (AvgIpc) is 2.58. The highest BCUT2D eigenvalue weighted by atomic mass is 16.4. The van der Waals surface area contributed by atoms with Gasteiger partial charge in [0.1, 0.15) is 6.04 Å². The molecule has 0 radical (unpaired) electrons. The monoisotopic (exact) mass is 185 g/mol.